The first kappa shape index (κ1) is 8.21. The molecule has 2 heteroatoms. The van der Waals surface area contributed by atoms with Crippen LogP contribution in [0.2, 0.25) is 0 Å². The molecule has 0 spiro atoms. The van der Waals surface area contributed by atoms with Gasteiger partial charge in [0.25, 0.3) is 0 Å². The third-order valence-corrected chi connectivity index (χ3v) is 1.79. The summed E-state index contributed by atoms with van der Waals surface area (Å²) in [5.41, 5.74) is -1.22. The summed E-state index contributed by atoms with van der Waals surface area (Å²) < 4.78 is 0. The molecule has 0 amide bonds. The van der Waals surface area contributed by atoms with Crippen LogP contribution in [0.4, 0.5) is 0 Å². The lowest BCUT2D eigenvalue weighted by Gasteiger charge is -2.22. The number of hydrogen-bond donors (Lipinski definition) is 1. The van der Waals surface area contributed by atoms with Crippen LogP contribution in [0.3, 0.4) is 0 Å². The normalized spacial score (nSPS) is 29.5. The van der Waals surface area contributed by atoms with Crippen LogP contribution in [0.25, 0.3) is 0 Å². The van der Waals surface area contributed by atoms with Crippen molar-refractivity contribution in [3.8, 4) is 0 Å². The van der Waals surface area contributed by atoms with Gasteiger partial charge in [0.15, 0.2) is 5.78 Å². The van der Waals surface area contributed by atoms with Crippen molar-refractivity contribution < 1.29 is 9.90 Å². The van der Waals surface area contributed by atoms with Crippen LogP contribution in [0.15, 0.2) is 24.3 Å². The van der Waals surface area contributed by atoms with Gasteiger partial charge in [-0.05, 0) is 18.6 Å². The average molecular weight is 152 g/mol. The van der Waals surface area contributed by atoms with Gasteiger partial charge < -0.3 is 5.11 Å². The van der Waals surface area contributed by atoms with Crippen LogP contribution in [-0.4, -0.2) is 16.5 Å². The second-order valence-electron chi connectivity index (χ2n) is 2.76. The van der Waals surface area contributed by atoms with Gasteiger partial charge in [-0.3, -0.25) is 4.79 Å². The number of ketones is 1. The second kappa shape index (κ2) is 3.01. The van der Waals surface area contributed by atoms with E-state index < -0.39 is 5.60 Å². The van der Waals surface area contributed by atoms with E-state index in [9.17, 15) is 9.90 Å². The minimum Gasteiger partial charge on any atom is -0.378 e. The van der Waals surface area contributed by atoms with Crippen LogP contribution >= 0.6 is 0 Å². The monoisotopic (exact) mass is 152 g/mol. The zero-order chi connectivity index (χ0) is 8.32. The Balaban J connectivity index is 2.77. The van der Waals surface area contributed by atoms with Crippen molar-refractivity contribution in [2.75, 3.05) is 0 Å². The molecule has 0 aliphatic heterocycles. The van der Waals surface area contributed by atoms with E-state index in [-0.39, 0.29) is 5.78 Å². The standard InChI is InChI=1S/C9H12O2/c1-2-6-9(11)7-4-3-5-8(9)10/h3-5,7,11H,2,6H2,1H3. The lowest BCUT2D eigenvalue weighted by atomic mass is 9.89. The topological polar surface area (TPSA) is 37.3 Å². The first-order valence-corrected chi connectivity index (χ1v) is 3.82. The van der Waals surface area contributed by atoms with Crippen LogP contribution in [0.5, 0.6) is 0 Å². The van der Waals surface area contributed by atoms with Crippen LogP contribution in [0, 0.1) is 0 Å². The second-order valence-corrected chi connectivity index (χ2v) is 2.76. The molecule has 1 N–H and O–H groups in total. The highest BCUT2D eigenvalue weighted by Crippen LogP contribution is 2.19. The molecule has 1 atom stereocenters. The summed E-state index contributed by atoms with van der Waals surface area (Å²) >= 11 is 0. The smallest absolute Gasteiger partial charge is 0.191 e. The van der Waals surface area contributed by atoms with Gasteiger partial charge in [-0.1, -0.05) is 25.5 Å². The molecule has 1 rings (SSSR count). The largest absolute Gasteiger partial charge is 0.378 e. The van der Waals surface area contributed by atoms with Crippen LogP contribution in [0.1, 0.15) is 19.8 Å². The van der Waals surface area contributed by atoms with Crippen molar-refractivity contribution in [2.45, 2.75) is 25.4 Å². The molecule has 0 heterocycles. The molecule has 0 aromatic heterocycles. The predicted molar refractivity (Wildman–Crippen MR) is 43.1 cm³/mol. The maximum Gasteiger partial charge on any atom is 0.191 e. The molecule has 0 saturated heterocycles. The lowest BCUT2D eigenvalue weighted by molar-refractivity contribution is -0.128. The Hall–Kier alpha value is -0.890. The molecule has 0 aromatic carbocycles. The number of rotatable bonds is 2. The molecule has 1 aliphatic carbocycles. The van der Waals surface area contributed by atoms with Crippen LogP contribution in [-0.2, 0) is 4.79 Å². The van der Waals surface area contributed by atoms with Gasteiger partial charge in [0.1, 0.15) is 5.60 Å². The summed E-state index contributed by atoms with van der Waals surface area (Å²) in [6, 6.07) is 0. The summed E-state index contributed by atoms with van der Waals surface area (Å²) in [5, 5.41) is 9.65. The van der Waals surface area contributed by atoms with Gasteiger partial charge in [0.05, 0.1) is 0 Å². The highest BCUT2D eigenvalue weighted by Gasteiger charge is 2.30. The molecular formula is C9H12O2. The maximum absolute atomic E-state index is 11.1. The minimum absolute atomic E-state index is 0.207. The first-order chi connectivity index (χ1) is 5.19. The van der Waals surface area contributed by atoms with E-state index in [4.69, 9.17) is 0 Å². The highest BCUT2D eigenvalue weighted by atomic mass is 16.3. The summed E-state index contributed by atoms with van der Waals surface area (Å²) in [4.78, 5) is 11.1. The maximum atomic E-state index is 11.1. The third-order valence-electron chi connectivity index (χ3n) is 1.79. The highest BCUT2D eigenvalue weighted by molar-refractivity contribution is 5.99. The summed E-state index contributed by atoms with van der Waals surface area (Å²) in [5.74, 6) is -0.207. The first-order valence-electron chi connectivity index (χ1n) is 3.82. The Morgan fingerprint density at radius 3 is 2.82 bits per heavy atom. The van der Waals surface area contributed by atoms with Crippen molar-refractivity contribution in [1.29, 1.82) is 0 Å². The van der Waals surface area contributed by atoms with Crippen molar-refractivity contribution >= 4 is 5.78 Å². The number of aliphatic hydroxyl groups is 1. The van der Waals surface area contributed by atoms with Gasteiger partial charge in [-0.15, -0.1) is 0 Å². The van der Waals surface area contributed by atoms with Crippen LogP contribution < -0.4 is 0 Å². The van der Waals surface area contributed by atoms with Crippen molar-refractivity contribution in [3.63, 3.8) is 0 Å². The van der Waals surface area contributed by atoms with Gasteiger partial charge in [-0.25, -0.2) is 0 Å². The lowest BCUT2D eigenvalue weighted by Crippen LogP contribution is -2.36. The molecule has 0 saturated carbocycles. The number of allylic oxidation sites excluding steroid dienone is 2. The average Bonchev–Trinajstić information content (AvgIpc) is 1.96. The van der Waals surface area contributed by atoms with Crippen molar-refractivity contribution in [3.05, 3.63) is 24.3 Å². The molecule has 2 nitrogen and oxygen atoms in total. The Morgan fingerprint density at radius 1 is 1.55 bits per heavy atom. The number of carbonyl (C=O) groups is 1. The minimum atomic E-state index is -1.22. The summed E-state index contributed by atoms with van der Waals surface area (Å²) in [6.45, 7) is 1.94. The zero-order valence-corrected chi connectivity index (χ0v) is 6.58. The Labute approximate surface area is 66.2 Å². The number of carbonyl (C=O) groups excluding carboxylic acids is 1. The molecule has 11 heavy (non-hydrogen) atoms. The van der Waals surface area contributed by atoms with Gasteiger partial charge in [0.2, 0.25) is 0 Å². The molecule has 1 aliphatic rings. The molecule has 0 radical (unpaired) electrons. The summed E-state index contributed by atoms with van der Waals surface area (Å²) in [6.07, 6.45) is 7.63. The fourth-order valence-electron chi connectivity index (χ4n) is 1.17. The Kier molecular flexibility index (Phi) is 2.25. The predicted octanol–water partition coefficient (Wildman–Crippen LogP) is 1.21. The fourth-order valence-corrected chi connectivity index (χ4v) is 1.17. The molecular weight excluding hydrogens is 140 g/mol. The van der Waals surface area contributed by atoms with E-state index >= 15 is 0 Å². The molecule has 0 aromatic rings. The Morgan fingerprint density at radius 2 is 2.27 bits per heavy atom. The van der Waals surface area contributed by atoms with Crippen molar-refractivity contribution in [2.24, 2.45) is 0 Å². The van der Waals surface area contributed by atoms with Gasteiger partial charge in [0, 0.05) is 0 Å². The van der Waals surface area contributed by atoms with E-state index in [0.29, 0.717) is 6.42 Å². The van der Waals surface area contributed by atoms with E-state index in [2.05, 4.69) is 0 Å². The Bertz CT molecular complexity index is 216. The zero-order valence-electron chi connectivity index (χ0n) is 6.58. The molecule has 0 bridgehead atoms. The molecule has 1 unspecified atom stereocenters. The van der Waals surface area contributed by atoms with E-state index in [0.717, 1.165) is 6.42 Å². The third kappa shape index (κ3) is 1.57. The van der Waals surface area contributed by atoms with Gasteiger partial charge >= 0.3 is 0 Å². The van der Waals surface area contributed by atoms with E-state index in [1.807, 2.05) is 6.92 Å². The van der Waals surface area contributed by atoms with E-state index in [1.54, 1.807) is 18.2 Å². The van der Waals surface area contributed by atoms with Crippen molar-refractivity contribution in [1.82, 2.24) is 0 Å². The molecule has 0 fully saturated rings. The van der Waals surface area contributed by atoms with Gasteiger partial charge in [-0.2, -0.15) is 0 Å². The SMILES string of the molecule is CCCC1(O)C=CC=CC1=O. The molecule has 60 valence electrons. The van der Waals surface area contributed by atoms with E-state index in [1.165, 1.54) is 6.08 Å². The summed E-state index contributed by atoms with van der Waals surface area (Å²) in [7, 11) is 0. The quantitative estimate of drug-likeness (QED) is 0.645. The fraction of sp³-hybridized carbons (Fsp3) is 0.444. The number of hydrogen-bond acceptors (Lipinski definition) is 2.